The van der Waals surface area contributed by atoms with Crippen LogP contribution >= 0.6 is 8.58 Å². The van der Waals surface area contributed by atoms with Gasteiger partial charge in [-0.2, -0.15) is 0 Å². The van der Waals surface area contributed by atoms with E-state index in [1.165, 1.54) is 12.8 Å². The van der Waals surface area contributed by atoms with Gasteiger partial charge in [0, 0.05) is 13.2 Å². The summed E-state index contributed by atoms with van der Waals surface area (Å²) in [5, 5.41) is 0. The fourth-order valence-corrected chi connectivity index (χ4v) is 5.38. The van der Waals surface area contributed by atoms with E-state index in [0.717, 1.165) is 33.5 Å². The van der Waals surface area contributed by atoms with Gasteiger partial charge in [-0.05, 0) is 51.6 Å². The van der Waals surface area contributed by atoms with Gasteiger partial charge in [-0.15, -0.1) is 8.58 Å². The third kappa shape index (κ3) is 6.67. The highest BCUT2D eigenvalue weighted by Crippen LogP contribution is 2.26. The van der Waals surface area contributed by atoms with Crippen LogP contribution in [0.1, 0.15) is 33.6 Å². The molecule has 0 radical (unpaired) electrons. The summed E-state index contributed by atoms with van der Waals surface area (Å²) >= 11 is 0. The summed E-state index contributed by atoms with van der Waals surface area (Å²) in [5.74, 6) is 0. The van der Waals surface area contributed by atoms with E-state index in [0.29, 0.717) is 0 Å². The Hall–Kier alpha value is 0.567. The molecule has 0 aliphatic heterocycles. The van der Waals surface area contributed by atoms with E-state index >= 15 is 0 Å². The van der Waals surface area contributed by atoms with Crippen molar-refractivity contribution in [3.63, 3.8) is 0 Å². The van der Waals surface area contributed by atoms with E-state index in [-0.39, 0.29) is 0 Å². The summed E-state index contributed by atoms with van der Waals surface area (Å²) in [5.41, 5.74) is 0.873. The van der Waals surface area contributed by atoms with Crippen LogP contribution in [0.25, 0.3) is 0 Å². The van der Waals surface area contributed by atoms with Crippen molar-refractivity contribution in [2.45, 2.75) is 51.9 Å². The highest BCUT2D eigenvalue weighted by Gasteiger charge is 2.30. The molecule has 0 saturated carbocycles. The molecule has 0 amide bonds. The standard InChI is InChI=1S/C11H27O2PSi/c1-6-11(14-4)9-10-15(5,12-7-2)13-8-3/h11,14H,6-10H2,1-5H3. The van der Waals surface area contributed by atoms with Crippen molar-refractivity contribution in [2.24, 2.45) is 0 Å². The molecule has 0 N–H and O–H groups in total. The number of rotatable bonds is 9. The molecule has 4 heteroatoms. The molecule has 0 aromatic carbocycles. The largest absolute Gasteiger partial charge is 0.395 e. The average Bonchev–Trinajstić information content (AvgIpc) is 2.20. The lowest BCUT2D eigenvalue weighted by molar-refractivity contribution is 0.188. The normalized spacial score (nSPS) is 15.0. The Bertz CT molecular complexity index is 146. The highest BCUT2D eigenvalue weighted by atomic mass is 31.1. The van der Waals surface area contributed by atoms with Crippen LogP contribution in [0.2, 0.25) is 12.6 Å². The molecule has 0 aliphatic carbocycles. The van der Waals surface area contributed by atoms with Crippen molar-refractivity contribution in [3.05, 3.63) is 0 Å². The van der Waals surface area contributed by atoms with Gasteiger partial charge in [-0.25, -0.2) is 0 Å². The predicted octanol–water partition coefficient (Wildman–Crippen LogP) is 3.61. The Morgan fingerprint density at radius 3 is 2.00 bits per heavy atom. The van der Waals surface area contributed by atoms with Gasteiger partial charge < -0.3 is 8.85 Å². The fourth-order valence-electron chi connectivity index (χ4n) is 1.79. The zero-order chi connectivity index (χ0) is 11.7. The topological polar surface area (TPSA) is 18.5 Å². The van der Waals surface area contributed by atoms with Crippen LogP contribution in [-0.2, 0) is 8.85 Å². The zero-order valence-corrected chi connectivity index (χ0v) is 12.9. The highest BCUT2D eigenvalue weighted by molar-refractivity contribution is 7.37. The van der Waals surface area contributed by atoms with Crippen LogP contribution in [0, 0.1) is 0 Å². The van der Waals surface area contributed by atoms with E-state index in [1.54, 1.807) is 0 Å². The minimum atomic E-state index is -1.84. The summed E-state index contributed by atoms with van der Waals surface area (Å²) < 4.78 is 11.7. The quantitative estimate of drug-likeness (QED) is 0.460. The maximum Gasteiger partial charge on any atom is 0.334 e. The van der Waals surface area contributed by atoms with Crippen molar-refractivity contribution in [1.29, 1.82) is 0 Å². The molecule has 15 heavy (non-hydrogen) atoms. The molecule has 0 aromatic heterocycles. The third-order valence-corrected chi connectivity index (χ3v) is 7.26. The SMILES string of the molecule is CCO[Si](C)(CCC(CC)PC)OCC. The molecule has 0 bridgehead atoms. The van der Waals surface area contributed by atoms with E-state index in [1.807, 2.05) is 0 Å². The maximum absolute atomic E-state index is 5.83. The van der Waals surface area contributed by atoms with Gasteiger partial charge in [0.25, 0.3) is 0 Å². The van der Waals surface area contributed by atoms with Crippen molar-refractivity contribution >= 4 is 17.1 Å². The monoisotopic (exact) mass is 250 g/mol. The maximum atomic E-state index is 5.83. The number of hydrogen-bond acceptors (Lipinski definition) is 2. The van der Waals surface area contributed by atoms with Gasteiger partial charge in [-0.1, -0.05) is 6.92 Å². The Morgan fingerprint density at radius 1 is 1.13 bits per heavy atom. The van der Waals surface area contributed by atoms with Crippen molar-refractivity contribution < 1.29 is 8.85 Å². The summed E-state index contributed by atoms with van der Waals surface area (Å²) in [4.78, 5) is 0. The van der Waals surface area contributed by atoms with Crippen LogP contribution in [0.5, 0.6) is 0 Å². The molecule has 0 heterocycles. The third-order valence-electron chi connectivity index (χ3n) is 2.75. The molecule has 0 saturated heterocycles. The first-order valence-electron chi connectivity index (χ1n) is 6.07. The van der Waals surface area contributed by atoms with Crippen LogP contribution in [-0.4, -0.2) is 34.1 Å². The van der Waals surface area contributed by atoms with Gasteiger partial charge in [0.1, 0.15) is 0 Å². The molecule has 2 unspecified atom stereocenters. The van der Waals surface area contributed by atoms with Crippen molar-refractivity contribution in [3.8, 4) is 0 Å². The van der Waals surface area contributed by atoms with Crippen LogP contribution in [0.15, 0.2) is 0 Å². The summed E-state index contributed by atoms with van der Waals surface area (Å²) in [6.07, 6.45) is 2.56. The molecular formula is C11H27O2PSi. The van der Waals surface area contributed by atoms with E-state index < -0.39 is 8.56 Å². The average molecular weight is 250 g/mol. The van der Waals surface area contributed by atoms with Gasteiger partial charge in [0.05, 0.1) is 0 Å². The predicted molar refractivity (Wildman–Crippen MR) is 72.6 cm³/mol. The Morgan fingerprint density at radius 2 is 1.67 bits per heavy atom. The minimum absolute atomic E-state index is 0.786. The molecule has 0 aliphatic rings. The molecule has 2 nitrogen and oxygen atoms in total. The fraction of sp³-hybridized carbons (Fsp3) is 1.00. The first-order valence-corrected chi connectivity index (χ1v) is 10.2. The zero-order valence-electron chi connectivity index (χ0n) is 10.9. The summed E-state index contributed by atoms with van der Waals surface area (Å²) in [7, 11) is -0.790. The second-order valence-electron chi connectivity index (χ2n) is 3.93. The van der Waals surface area contributed by atoms with Crippen LogP contribution in [0.3, 0.4) is 0 Å². The van der Waals surface area contributed by atoms with Gasteiger partial charge >= 0.3 is 8.56 Å². The second-order valence-corrected chi connectivity index (χ2v) is 8.67. The lowest BCUT2D eigenvalue weighted by Crippen LogP contribution is -2.39. The Balaban J connectivity index is 4.03. The van der Waals surface area contributed by atoms with Crippen molar-refractivity contribution in [2.75, 3.05) is 19.9 Å². The number of hydrogen-bond donors (Lipinski definition) is 0. The Labute approximate surface area is 98.2 Å². The lowest BCUT2D eigenvalue weighted by Gasteiger charge is -2.27. The van der Waals surface area contributed by atoms with E-state index in [2.05, 4.69) is 34.0 Å². The first kappa shape index (κ1) is 15.6. The lowest BCUT2D eigenvalue weighted by atomic mass is 10.3. The molecule has 92 valence electrons. The molecule has 0 rings (SSSR count). The van der Waals surface area contributed by atoms with Crippen LogP contribution in [0.4, 0.5) is 0 Å². The molecule has 2 atom stereocenters. The molecule has 0 spiro atoms. The van der Waals surface area contributed by atoms with Gasteiger partial charge in [0.15, 0.2) is 0 Å². The molecule has 0 aromatic rings. The van der Waals surface area contributed by atoms with E-state index in [9.17, 15) is 0 Å². The Kier molecular flexibility index (Phi) is 9.02. The van der Waals surface area contributed by atoms with E-state index in [4.69, 9.17) is 8.85 Å². The molecular weight excluding hydrogens is 223 g/mol. The smallest absolute Gasteiger partial charge is 0.334 e. The van der Waals surface area contributed by atoms with Gasteiger partial charge in [-0.3, -0.25) is 0 Å². The first-order chi connectivity index (χ1) is 7.11. The van der Waals surface area contributed by atoms with Crippen molar-refractivity contribution in [1.82, 2.24) is 0 Å². The molecule has 0 fully saturated rings. The van der Waals surface area contributed by atoms with Crippen LogP contribution < -0.4 is 0 Å². The summed E-state index contributed by atoms with van der Waals surface area (Å²) in [6.45, 7) is 12.5. The van der Waals surface area contributed by atoms with Gasteiger partial charge in [0.2, 0.25) is 0 Å². The summed E-state index contributed by atoms with van der Waals surface area (Å²) in [6, 6.07) is 1.15. The minimum Gasteiger partial charge on any atom is -0.395 e. The second kappa shape index (κ2) is 8.69.